The Balaban J connectivity index is 2.54. The van der Waals surface area contributed by atoms with Crippen molar-refractivity contribution in [2.45, 2.75) is 13.3 Å². The van der Waals surface area contributed by atoms with Crippen LogP contribution in [0.5, 0.6) is 5.75 Å². The molecular weight excluding hydrogens is 226 g/mol. The quantitative estimate of drug-likeness (QED) is 0.895. The van der Waals surface area contributed by atoms with Crippen molar-refractivity contribution in [3.8, 4) is 17.0 Å². The molecule has 0 aliphatic carbocycles. The number of benzene rings is 1. The number of nitrogens with two attached hydrogens (primary N) is 1. The molecule has 0 fully saturated rings. The number of aryl methyl sites for hydroxylation is 1. The van der Waals surface area contributed by atoms with Gasteiger partial charge in [-0.3, -0.25) is 4.68 Å². The second kappa shape index (κ2) is 5.23. The number of aromatic nitrogens is 2. The highest BCUT2D eigenvalue weighted by Gasteiger charge is 2.15. The first-order valence-electron chi connectivity index (χ1n) is 6.05. The van der Waals surface area contributed by atoms with Crippen LogP contribution in [-0.2, 0) is 13.5 Å². The first-order valence-corrected chi connectivity index (χ1v) is 6.05. The van der Waals surface area contributed by atoms with Crippen molar-refractivity contribution >= 4 is 0 Å². The normalized spacial score (nSPS) is 10.7. The van der Waals surface area contributed by atoms with Gasteiger partial charge in [-0.25, -0.2) is 0 Å². The van der Waals surface area contributed by atoms with E-state index < -0.39 is 0 Å². The van der Waals surface area contributed by atoms with Gasteiger partial charge in [-0.15, -0.1) is 0 Å². The molecule has 0 saturated carbocycles. The number of rotatable bonds is 4. The van der Waals surface area contributed by atoms with E-state index in [1.165, 1.54) is 11.3 Å². The SMILES string of the molecule is COc1ccccc1-c1nn(C)c(CCN)c1C. The second-order valence-electron chi connectivity index (χ2n) is 4.28. The summed E-state index contributed by atoms with van der Waals surface area (Å²) in [5.74, 6) is 0.845. The highest BCUT2D eigenvalue weighted by atomic mass is 16.5. The summed E-state index contributed by atoms with van der Waals surface area (Å²) < 4.78 is 7.30. The standard InChI is InChI=1S/C14H19N3O/c1-10-12(8-9-15)17(2)16-14(10)11-6-4-5-7-13(11)18-3/h4-7H,8-9,15H2,1-3H3. The molecule has 0 aliphatic heterocycles. The van der Waals surface area contributed by atoms with Crippen LogP contribution in [0.3, 0.4) is 0 Å². The van der Waals surface area contributed by atoms with Gasteiger partial charge in [0.05, 0.1) is 12.8 Å². The zero-order valence-electron chi connectivity index (χ0n) is 11.1. The molecule has 18 heavy (non-hydrogen) atoms. The zero-order valence-corrected chi connectivity index (χ0v) is 11.1. The largest absolute Gasteiger partial charge is 0.496 e. The van der Waals surface area contributed by atoms with Crippen molar-refractivity contribution in [2.24, 2.45) is 12.8 Å². The van der Waals surface area contributed by atoms with Crippen LogP contribution in [0.4, 0.5) is 0 Å². The van der Waals surface area contributed by atoms with Gasteiger partial charge in [0.25, 0.3) is 0 Å². The summed E-state index contributed by atoms with van der Waals surface area (Å²) in [5.41, 5.74) is 9.98. The molecule has 1 heterocycles. The van der Waals surface area contributed by atoms with Crippen LogP contribution in [0, 0.1) is 6.92 Å². The number of para-hydroxylation sites is 1. The zero-order chi connectivity index (χ0) is 13.1. The monoisotopic (exact) mass is 245 g/mol. The van der Waals surface area contributed by atoms with Crippen molar-refractivity contribution < 1.29 is 4.74 Å². The van der Waals surface area contributed by atoms with Gasteiger partial charge in [-0.05, 0) is 31.2 Å². The summed E-state index contributed by atoms with van der Waals surface area (Å²) in [7, 11) is 3.63. The molecule has 4 heteroatoms. The van der Waals surface area contributed by atoms with E-state index >= 15 is 0 Å². The second-order valence-corrected chi connectivity index (χ2v) is 4.28. The summed E-state index contributed by atoms with van der Waals surface area (Å²) in [6.07, 6.45) is 0.838. The molecule has 1 aromatic carbocycles. The number of ether oxygens (including phenoxy) is 1. The fraction of sp³-hybridized carbons (Fsp3) is 0.357. The summed E-state index contributed by atoms with van der Waals surface area (Å²) in [6, 6.07) is 7.93. The minimum absolute atomic E-state index is 0.631. The number of hydrogen-bond acceptors (Lipinski definition) is 3. The fourth-order valence-corrected chi connectivity index (χ4v) is 2.25. The Bertz CT molecular complexity index is 546. The van der Waals surface area contributed by atoms with Gasteiger partial charge in [0.1, 0.15) is 5.75 Å². The van der Waals surface area contributed by atoms with E-state index in [9.17, 15) is 0 Å². The van der Waals surface area contributed by atoms with E-state index in [0.717, 1.165) is 23.4 Å². The lowest BCUT2D eigenvalue weighted by Crippen LogP contribution is -2.08. The molecule has 0 bridgehead atoms. The molecule has 4 nitrogen and oxygen atoms in total. The lowest BCUT2D eigenvalue weighted by atomic mass is 10.0. The van der Waals surface area contributed by atoms with Gasteiger partial charge in [0.15, 0.2) is 0 Å². The maximum Gasteiger partial charge on any atom is 0.128 e. The van der Waals surface area contributed by atoms with Crippen molar-refractivity contribution in [1.29, 1.82) is 0 Å². The molecule has 0 spiro atoms. The molecule has 0 saturated heterocycles. The minimum atomic E-state index is 0.631. The van der Waals surface area contributed by atoms with Crippen molar-refractivity contribution in [3.63, 3.8) is 0 Å². The van der Waals surface area contributed by atoms with E-state index in [4.69, 9.17) is 10.5 Å². The maximum atomic E-state index is 5.64. The van der Waals surface area contributed by atoms with Gasteiger partial charge in [0, 0.05) is 24.7 Å². The van der Waals surface area contributed by atoms with E-state index in [1.807, 2.05) is 36.0 Å². The minimum Gasteiger partial charge on any atom is -0.496 e. The third kappa shape index (κ3) is 2.11. The molecule has 0 amide bonds. The van der Waals surface area contributed by atoms with Crippen LogP contribution in [0.15, 0.2) is 24.3 Å². The van der Waals surface area contributed by atoms with Gasteiger partial charge in [-0.1, -0.05) is 12.1 Å². The smallest absolute Gasteiger partial charge is 0.128 e. The van der Waals surface area contributed by atoms with Crippen LogP contribution in [0.1, 0.15) is 11.3 Å². The van der Waals surface area contributed by atoms with Crippen molar-refractivity contribution in [1.82, 2.24) is 9.78 Å². The molecule has 0 radical (unpaired) electrons. The summed E-state index contributed by atoms with van der Waals surface area (Å²) in [4.78, 5) is 0. The van der Waals surface area contributed by atoms with Crippen LogP contribution >= 0.6 is 0 Å². The van der Waals surface area contributed by atoms with Crippen LogP contribution < -0.4 is 10.5 Å². The molecule has 2 aromatic rings. The van der Waals surface area contributed by atoms with Gasteiger partial charge in [0.2, 0.25) is 0 Å². The van der Waals surface area contributed by atoms with Crippen LogP contribution in [-0.4, -0.2) is 23.4 Å². The Morgan fingerprint density at radius 1 is 1.33 bits per heavy atom. The average molecular weight is 245 g/mol. The molecular formula is C14H19N3O. The predicted molar refractivity (Wildman–Crippen MR) is 72.7 cm³/mol. The summed E-state index contributed by atoms with van der Waals surface area (Å²) in [6.45, 7) is 2.71. The molecule has 0 atom stereocenters. The predicted octanol–water partition coefficient (Wildman–Crippen LogP) is 1.91. The Kier molecular flexibility index (Phi) is 3.67. The Morgan fingerprint density at radius 3 is 2.72 bits per heavy atom. The van der Waals surface area contributed by atoms with E-state index in [2.05, 4.69) is 12.0 Å². The first kappa shape index (κ1) is 12.6. The van der Waals surface area contributed by atoms with Crippen molar-refractivity contribution in [2.75, 3.05) is 13.7 Å². The topological polar surface area (TPSA) is 53.1 Å². The van der Waals surface area contributed by atoms with E-state index in [-0.39, 0.29) is 0 Å². The van der Waals surface area contributed by atoms with Gasteiger partial charge < -0.3 is 10.5 Å². The van der Waals surface area contributed by atoms with Crippen molar-refractivity contribution in [3.05, 3.63) is 35.5 Å². The number of methoxy groups -OCH3 is 1. The van der Waals surface area contributed by atoms with E-state index in [0.29, 0.717) is 6.54 Å². The molecule has 0 aliphatic rings. The Hall–Kier alpha value is -1.81. The summed E-state index contributed by atoms with van der Waals surface area (Å²) in [5, 5.41) is 4.59. The summed E-state index contributed by atoms with van der Waals surface area (Å²) >= 11 is 0. The Morgan fingerprint density at radius 2 is 2.06 bits per heavy atom. The van der Waals surface area contributed by atoms with Gasteiger partial charge in [-0.2, -0.15) is 5.10 Å². The van der Waals surface area contributed by atoms with Crippen LogP contribution in [0.2, 0.25) is 0 Å². The lowest BCUT2D eigenvalue weighted by Gasteiger charge is -2.06. The molecule has 2 rings (SSSR count). The number of hydrogen-bond donors (Lipinski definition) is 1. The first-order chi connectivity index (χ1) is 8.69. The fourth-order valence-electron chi connectivity index (χ4n) is 2.25. The molecule has 2 N–H and O–H groups in total. The lowest BCUT2D eigenvalue weighted by molar-refractivity contribution is 0.416. The maximum absolute atomic E-state index is 5.64. The number of nitrogens with zero attached hydrogens (tertiary/aromatic N) is 2. The highest BCUT2D eigenvalue weighted by Crippen LogP contribution is 2.32. The third-order valence-electron chi connectivity index (χ3n) is 3.17. The molecule has 0 unspecified atom stereocenters. The molecule has 1 aromatic heterocycles. The Labute approximate surface area is 107 Å². The van der Waals surface area contributed by atoms with E-state index in [1.54, 1.807) is 7.11 Å². The van der Waals surface area contributed by atoms with Gasteiger partial charge >= 0.3 is 0 Å². The van der Waals surface area contributed by atoms with Crippen LogP contribution in [0.25, 0.3) is 11.3 Å². The highest BCUT2D eigenvalue weighted by molar-refractivity contribution is 5.70. The third-order valence-corrected chi connectivity index (χ3v) is 3.17. The molecule has 96 valence electrons. The average Bonchev–Trinajstić information content (AvgIpc) is 2.67.